The molecular formula is C25H26FN5O3. The van der Waals surface area contributed by atoms with Gasteiger partial charge in [-0.05, 0) is 55.0 Å². The van der Waals surface area contributed by atoms with E-state index in [1.165, 1.54) is 29.0 Å². The van der Waals surface area contributed by atoms with Crippen LogP contribution in [0, 0.1) is 5.82 Å². The lowest BCUT2D eigenvalue weighted by molar-refractivity contribution is 0.0337. The van der Waals surface area contributed by atoms with Crippen LogP contribution in [0.2, 0.25) is 0 Å². The highest BCUT2D eigenvalue weighted by molar-refractivity contribution is 5.68. The third-order valence-corrected chi connectivity index (χ3v) is 5.78. The summed E-state index contributed by atoms with van der Waals surface area (Å²) in [5.74, 6) is -0.338. The third-order valence-electron chi connectivity index (χ3n) is 5.78. The van der Waals surface area contributed by atoms with Crippen molar-refractivity contribution < 1.29 is 9.50 Å². The van der Waals surface area contributed by atoms with Crippen molar-refractivity contribution in [3.05, 3.63) is 105 Å². The number of nitrogens with one attached hydrogen (secondary N) is 1. The summed E-state index contributed by atoms with van der Waals surface area (Å²) in [5.41, 5.74) is 0.840. The Kier molecular flexibility index (Phi) is 6.83. The molecule has 0 spiro atoms. The second-order valence-electron chi connectivity index (χ2n) is 8.47. The summed E-state index contributed by atoms with van der Waals surface area (Å²) in [7, 11) is 0. The molecule has 0 saturated carbocycles. The van der Waals surface area contributed by atoms with Gasteiger partial charge in [-0.1, -0.05) is 41.6 Å². The first-order chi connectivity index (χ1) is 16.3. The molecule has 0 bridgehead atoms. The SMILES string of the molecule is C[C@@](O)(Cn1nncc1CCCCn1ccc(=O)[nH]c1=O)c1ccccc1-c1cccc(F)c1. The van der Waals surface area contributed by atoms with Gasteiger partial charge in [0.15, 0.2) is 0 Å². The number of unbranched alkanes of at least 4 members (excludes halogenated alkanes) is 1. The van der Waals surface area contributed by atoms with Crippen molar-refractivity contribution in [3.63, 3.8) is 0 Å². The molecule has 2 aromatic heterocycles. The molecule has 2 aromatic carbocycles. The van der Waals surface area contributed by atoms with Crippen LogP contribution in [-0.4, -0.2) is 29.7 Å². The maximum Gasteiger partial charge on any atom is 0.328 e. The van der Waals surface area contributed by atoms with Crippen LogP contribution in [0.5, 0.6) is 0 Å². The molecule has 9 heteroatoms. The number of nitrogens with zero attached hydrogens (tertiary/aromatic N) is 4. The van der Waals surface area contributed by atoms with Gasteiger partial charge in [0, 0.05) is 18.8 Å². The summed E-state index contributed by atoms with van der Waals surface area (Å²) in [5, 5.41) is 19.6. The zero-order valence-electron chi connectivity index (χ0n) is 18.8. The Morgan fingerprint density at radius 1 is 1.09 bits per heavy atom. The lowest BCUT2D eigenvalue weighted by Crippen LogP contribution is -2.30. The number of aromatic nitrogens is 5. The smallest absolute Gasteiger partial charge is 0.328 e. The van der Waals surface area contributed by atoms with Gasteiger partial charge in [-0.3, -0.25) is 9.78 Å². The van der Waals surface area contributed by atoms with Crippen LogP contribution in [0.15, 0.2) is 76.6 Å². The fraction of sp³-hybridized carbons (Fsp3) is 0.280. The first-order valence-corrected chi connectivity index (χ1v) is 11.1. The van der Waals surface area contributed by atoms with Gasteiger partial charge in [-0.2, -0.15) is 0 Å². The van der Waals surface area contributed by atoms with E-state index in [1.807, 2.05) is 30.3 Å². The summed E-state index contributed by atoms with van der Waals surface area (Å²) in [6, 6.07) is 15.0. The number of aromatic amines is 1. The number of rotatable bonds is 9. The highest BCUT2D eigenvalue weighted by Crippen LogP contribution is 2.33. The quantitative estimate of drug-likeness (QED) is 0.371. The number of benzene rings is 2. The molecule has 8 nitrogen and oxygen atoms in total. The van der Waals surface area contributed by atoms with Crippen molar-refractivity contribution in [1.82, 2.24) is 24.5 Å². The van der Waals surface area contributed by atoms with Crippen LogP contribution in [0.4, 0.5) is 4.39 Å². The summed E-state index contributed by atoms with van der Waals surface area (Å²) in [6.45, 7) is 2.36. The average Bonchev–Trinajstić information content (AvgIpc) is 3.24. The van der Waals surface area contributed by atoms with Crippen molar-refractivity contribution in [2.75, 3.05) is 0 Å². The zero-order valence-corrected chi connectivity index (χ0v) is 18.8. The molecule has 176 valence electrons. The van der Waals surface area contributed by atoms with E-state index >= 15 is 0 Å². The summed E-state index contributed by atoms with van der Waals surface area (Å²) in [6.07, 6.45) is 5.30. The largest absolute Gasteiger partial charge is 0.383 e. The first kappa shape index (κ1) is 23.3. The molecule has 0 saturated heterocycles. The van der Waals surface area contributed by atoms with Crippen molar-refractivity contribution >= 4 is 0 Å². The Balaban J connectivity index is 1.45. The predicted molar refractivity (Wildman–Crippen MR) is 126 cm³/mol. The number of aliphatic hydroxyl groups is 1. The second-order valence-corrected chi connectivity index (χ2v) is 8.47. The molecule has 2 N–H and O–H groups in total. The standard InChI is InChI=1S/C25H26FN5O3/c1-25(34,22-11-3-2-10-21(22)18-7-6-8-19(26)15-18)17-31-20(16-27-29-31)9-4-5-13-30-14-12-23(32)28-24(30)33/h2-3,6-8,10-12,14-16,34H,4-5,9,13,17H2,1H3,(H,28,32,33)/t25-/m1/s1. The van der Waals surface area contributed by atoms with E-state index in [0.717, 1.165) is 24.1 Å². The number of aryl methyl sites for hydroxylation is 2. The summed E-state index contributed by atoms with van der Waals surface area (Å²) < 4.78 is 17.0. The lowest BCUT2D eigenvalue weighted by Gasteiger charge is -2.27. The van der Waals surface area contributed by atoms with Gasteiger partial charge in [0.05, 0.1) is 18.4 Å². The van der Waals surface area contributed by atoms with Crippen molar-refractivity contribution in [2.24, 2.45) is 0 Å². The molecule has 0 aliphatic carbocycles. The molecule has 34 heavy (non-hydrogen) atoms. The van der Waals surface area contributed by atoms with E-state index in [9.17, 15) is 19.1 Å². The van der Waals surface area contributed by atoms with Gasteiger partial charge in [0.2, 0.25) is 0 Å². The molecule has 1 atom stereocenters. The fourth-order valence-corrected chi connectivity index (χ4v) is 4.05. The highest BCUT2D eigenvalue weighted by Gasteiger charge is 2.28. The number of H-pyrrole nitrogens is 1. The zero-order chi connectivity index (χ0) is 24.1. The van der Waals surface area contributed by atoms with E-state index in [4.69, 9.17) is 0 Å². The Morgan fingerprint density at radius 2 is 1.91 bits per heavy atom. The van der Waals surface area contributed by atoms with E-state index in [2.05, 4.69) is 15.3 Å². The average molecular weight is 464 g/mol. The normalized spacial score (nSPS) is 13.0. The molecule has 4 rings (SSSR count). The monoisotopic (exact) mass is 463 g/mol. The Labute approximate surface area is 195 Å². The van der Waals surface area contributed by atoms with E-state index in [-0.39, 0.29) is 12.4 Å². The Bertz CT molecular complexity index is 1390. The van der Waals surface area contributed by atoms with Gasteiger partial charge in [0.1, 0.15) is 11.4 Å². The summed E-state index contributed by atoms with van der Waals surface area (Å²) in [4.78, 5) is 25.2. The molecule has 0 unspecified atom stereocenters. The lowest BCUT2D eigenvalue weighted by atomic mass is 9.88. The topological polar surface area (TPSA) is 106 Å². The third kappa shape index (κ3) is 5.37. The highest BCUT2D eigenvalue weighted by atomic mass is 19.1. The van der Waals surface area contributed by atoms with Crippen LogP contribution < -0.4 is 11.2 Å². The van der Waals surface area contributed by atoms with Crippen molar-refractivity contribution in [2.45, 2.75) is 44.9 Å². The first-order valence-electron chi connectivity index (χ1n) is 11.1. The molecule has 4 aromatic rings. The van der Waals surface area contributed by atoms with Crippen molar-refractivity contribution in [1.29, 1.82) is 0 Å². The Morgan fingerprint density at radius 3 is 2.71 bits per heavy atom. The van der Waals surface area contributed by atoms with Gasteiger partial charge < -0.3 is 9.67 Å². The number of hydrogen-bond donors (Lipinski definition) is 2. The van der Waals surface area contributed by atoms with E-state index in [1.54, 1.807) is 23.9 Å². The van der Waals surface area contributed by atoms with Crippen molar-refractivity contribution in [3.8, 4) is 11.1 Å². The maximum atomic E-state index is 13.8. The van der Waals surface area contributed by atoms with Crippen LogP contribution in [0.3, 0.4) is 0 Å². The van der Waals surface area contributed by atoms with Gasteiger partial charge in [-0.25, -0.2) is 13.9 Å². The predicted octanol–water partition coefficient (Wildman–Crippen LogP) is 2.86. The Hall–Kier alpha value is -3.85. The maximum absolute atomic E-state index is 13.8. The van der Waals surface area contributed by atoms with Gasteiger partial charge >= 0.3 is 5.69 Å². The molecule has 0 radical (unpaired) electrons. The van der Waals surface area contributed by atoms with Crippen LogP contribution >= 0.6 is 0 Å². The molecule has 0 aliphatic rings. The van der Waals surface area contributed by atoms with Crippen LogP contribution in [0.25, 0.3) is 11.1 Å². The summed E-state index contributed by atoms with van der Waals surface area (Å²) >= 11 is 0. The fourth-order valence-electron chi connectivity index (χ4n) is 4.05. The van der Waals surface area contributed by atoms with Crippen LogP contribution in [-0.2, 0) is 25.1 Å². The molecule has 0 fully saturated rings. The minimum atomic E-state index is -1.28. The second kappa shape index (κ2) is 9.96. The minimum absolute atomic E-state index is 0.175. The molecule has 2 heterocycles. The van der Waals surface area contributed by atoms with Crippen LogP contribution in [0.1, 0.15) is 31.0 Å². The molecule has 0 amide bonds. The van der Waals surface area contributed by atoms with Gasteiger partial charge in [-0.15, -0.1) is 5.10 Å². The van der Waals surface area contributed by atoms with Gasteiger partial charge in [0.25, 0.3) is 5.56 Å². The minimum Gasteiger partial charge on any atom is -0.383 e. The van der Waals surface area contributed by atoms with E-state index < -0.39 is 16.9 Å². The number of halogens is 1. The molecular weight excluding hydrogens is 437 g/mol. The van der Waals surface area contributed by atoms with E-state index in [0.29, 0.717) is 24.1 Å². The molecule has 0 aliphatic heterocycles. The number of hydrogen-bond acceptors (Lipinski definition) is 5.